The number of hydrogen-bond acceptors (Lipinski definition) is 6. The summed E-state index contributed by atoms with van der Waals surface area (Å²) in [5, 5.41) is 13.7. The molecule has 3 N–H and O–H groups in total. The van der Waals surface area contributed by atoms with Crippen molar-refractivity contribution in [1.29, 1.82) is 0 Å². The Morgan fingerprint density at radius 2 is 1.79 bits per heavy atom. The van der Waals surface area contributed by atoms with Crippen molar-refractivity contribution in [3.63, 3.8) is 0 Å². The summed E-state index contributed by atoms with van der Waals surface area (Å²) in [5.74, 6) is -6.44. The van der Waals surface area contributed by atoms with Gasteiger partial charge in [0.05, 0.1) is 23.1 Å². The lowest BCUT2D eigenvalue weighted by molar-refractivity contribution is -0.291. The molecule has 39 heavy (non-hydrogen) atoms. The molecule has 10 nitrogen and oxygen atoms in total. The van der Waals surface area contributed by atoms with Crippen LogP contribution >= 0.6 is 22.6 Å². The minimum Gasteiger partial charge on any atom is -0.366 e. The molecule has 2 amide bonds. The number of aryl methyl sites for hydroxylation is 2. The smallest absolute Gasteiger partial charge is 0.366 e. The van der Waals surface area contributed by atoms with Gasteiger partial charge in [-0.3, -0.25) is 9.59 Å². The molecule has 16 heteroatoms. The van der Waals surface area contributed by atoms with Gasteiger partial charge in [-0.1, -0.05) is 6.07 Å². The fourth-order valence-electron chi connectivity index (χ4n) is 3.62. The maximum Gasteiger partial charge on any atom is 0.459 e. The first-order valence-electron chi connectivity index (χ1n) is 11.0. The van der Waals surface area contributed by atoms with Crippen molar-refractivity contribution in [3.05, 3.63) is 80.1 Å². The Bertz CT molecular complexity index is 1580. The second-order valence-electron chi connectivity index (χ2n) is 8.37. The van der Waals surface area contributed by atoms with E-state index >= 15 is 0 Å². The van der Waals surface area contributed by atoms with Crippen molar-refractivity contribution in [2.24, 2.45) is 5.73 Å². The molecule has 0 fully saturated rings. The summed E-state index contributed by atoms with van der Waals surface area (Å²) in [6.07, 6.45) is -4.08. The van der Waals surface area contributed by atoms with E-state index in [0.717, 1.165) is 3.57 Å². The van der Waals surface area contributed by atoms with E-state index < -0.39 is 36.2 Å². The van der Waals surface area contributed by atoms with Gasteiger partial charge in [0.2, 0.25) is 0 Å². The third kappa shape index (κ3) is 5.59. The molecule has 0 atom stereocenters. The predicted molar refractivity (Wildman–Crippen MR) is 136 cm³/mol. The average Bonchev–Trinajstić information content (AvgIpc) is 3.48. The zero-order chi connectivity index (χ0) is 28.7. The average molecular weight is 660 g/mol. The van der Waals surface area contributed by atoms with E-state index in [1.807, 2.05) is 22.6 Å². The number of nitrogens with one attached hydrogen (secondary N) is 1. The molecule has 0 saturated heterocycles. The highest BCUT2D eigenvalue weighted by Crippen LogP contribution is 2.42. The number of carbonyl (C=O) groups excluding carboxylic acids is 2. The van der Waals surface area contributed by atoms with Crippen molar-refractivity contribution in [3.8, 4) is 5.82 Å². The van der Waals surface area contributed by atoms with E-state index in [1.165, 1.54) is 23.0 Å². The Morgan fingerprint density at radius 1 is 1.08 bits per heavy atom. The molecule has 0 radical (unpaired) electrons. The summed E-state index contributed by atoms with van der Waals surface area (Å²) >= 11 is 2.00. The van der Waals surface area contributed by atoms with Crippen LogP contribution in [0, 0.1) is 17.4 Å². The first kappa shape index (κ1) is 28.1. The molecule has 0 spiro atoms. The fraction of sp³-hybridized carbons (Fsp3) is 0.217. The van der Waals surface area contributed by atoms with Crippen LogP contribution in [0.5, 0.6) is 0 Å². The highest BCUT2D eigenvalue weighted by molar-refractivity contribution is 14.1. The Labute approximate surface area is 230 Å². The zero-order valence-corrected chi connectivity index (χ0v) is 22.3. The first-order chi connectivity index (χ1) is 18.2. The van der Waals surface area contributed by atoms with Gasteiger partial charge in [0.1, 0.15) is 12.2 Å². The number of amides is 2. The summed E-state index contributed by atoms with van der Waals surface area (Å²) in [6, 6.07) is 7.88. The van der Waals surface area contributed by atoms with E-state index in [4.69, 9.17) is 5.73 Å². The molecule has 0 aliphatic rings. The lowest BCUT2D eigenvalue weighted by Gasteiger charge is -2.16. The van der Waals surface area contributed by atoms with E-state index in [2.05, 4.69) is 25.6 Å². The molecule has 1 aromatic carbocycles. The van der Waals surface area contributed by atoms with Gasteiger partial charge in [-0.2, -0.15) is 42.0 Å². The topological polar surface area (TPSA) is 134 Å². The van der Waals surface area contributed by atoms with Gasteiger partial charge in [0.25, 0.3) is 11.8 Å². The van der Waals surface area contributed by atoms with Gasteiger partial charge < -0.3 is 11.1 Å². The fourth-order valence-corrected chi connectivity index (χ4v) is 4.40. The number of aromatic nitrogens is 6. The normalized spacial score (nSPS) is 12.0. The molecule has 4 rings (SSSR count). The van der Waals surface area contributed by atoms with Gasteiger partial charge >= 0.3 is 12.1 Å². The van der Waals surface area contributed by atoms with Crippen molar-refractivity contribution < 1.29 is 31.5 Å². The SMILES string of the molecule is Cc1cccnc1-n1nc(Cn2ncc(C(F)(F)C(F)(F)F)n2)cc1C(=O)Nc1c(C)cc(I)cc1C(N)=O. The number of alkyl halides is 5. The van der Waals surface area contributed by atoms with Gasteiger partial charge in [-0.05, 0) is 71.8 Å². The monoisotopic (exact) mass is 660 g/mol. The predicted octanol–water partition coefficient (Wildman–Crippen LogP) is 4.13. The molecular formula is C23H18F5IN8O2. The van der Waals surface area contributed by atoms with Crippen LogP contribution in [-0.2, 0) is 12.5 Å². The number of halogens is 6. The van der Waals surface area contributed by atoms with Crippen LogP contribution in [0.2, 0.25) is 0 Å². The number of pyridine rings is 1. The molecule has 0 saturated carbocycles. The van der Waals surface area contributed by atoms with Crippen LogP contribution in [-0.4, -0.2) is 47.7 Å². The molecule has 0 bridgehead atoms. The summed E-state index contributed by atoms with van der Waals surface area (Å²) in [5.41, 5.74) is 5.32. The van der Waals surface area contributed by atoms with Gasteiger partial charge in [0, 0.05) is 9.77 Å². The number of nitrogens with zero attached hydrogens (tertiary/aromatic N) is 6. The van der Waals surface area contributed by atoms with Gasteiger partial charge in [-0.25, -0.2) is 9.67 Å². The Morgan fingerprint density at radius 3 is 2.44 bits per heavy atom. The lowest BCUT2D eigenvalue weighted by Crippen LogP contribution is -2.34. The third-order valence-corrected chi connectivity index (χ3v) is 6.12. The second-order valence-corrected chi connectivity index (χ2v) is 9.62. The molecule has 0 aliphatic heterocycles. The van der Waals surface area contributed by atoms with Crippen LogP contribution in [0.4, 0.5) is 27.6 Å². The van der Waals surface area contributed by atoms with Crippen LogP contribution in [0.15, 0.2) is 42.7 Å². The minimum absolute atomic E-state index is 0.0529. The Balaban J connectivity index is 1.74. The highest BCUT2D eigenvalue weighted by atomic mass is 127. The molecular weight excluding hydrogens is 642 g/mol. The number of benzene rings is 1. The van der Waals surface area contributed by atoms with Crippen molar-refractivity contribution in [2.45, 2.75) is 32.5 Å². The largest absolute Gasteiger partial charge is 0.459 e. The highest BCUT2D eigenvalue weighted by Gasteiger charge is 2.60. The molecule has 3 heterocycles. The van der Waals surface area contributed by atoms with Crippen LogP contribution in [0.3, 0.4) is 0 Å². The van der Waals surface area contributed by atoms with Gasteiger partial charge in [0.15, 0.2) is 11.5 Å². The second kappa shape index (κ2) is 10.3. The summed E-state index contributed by atoms with van der Waals surface area (Å²) < 4.78 is 67.3. The van der Waals surface area contributed by atoms with Crippen molar-refractivity contribution in [1.82, 2.24) is 29.8 Å². The van der Waals surface area contributed by atoms with Crippen LogP contribution in [0.1, 0.15) is 43.4 Å². The van der Waals surface area contributed by atoms with Gasteiger partial charge in [-0.15, -0.1) is 0 Å². The number of rotatable bonds is 7. The standard InChI is InChI=1S/C23H18F5IN8O2/c1-11-4-3-5-31-20(11)37-16(21(39)33-18-12(2)6-13(29)7-15(18)19(30)38)8-14(34-37)10-36-32-9-17(35-36)22(24,25)23(26,27)28/h3-9H,10H2,1-2H3,(H2,30,38)(H,33,39). The third-order valence-electron chi connectivity index (χ3n) is 5.50. The summed E-state index contributed by atoms with van der Waals surface area (Å²) in [6.45, 7) is 2.94. The maximum atomic E-state index is 13.7. The van der Waals surface area contributed by atoms with Crippen molar-refractivity contribution in [2.75, 3.05) is 5.32 Å². The van der Waals surface area contributed by atoms with Crippen LogP contribution in [0.25, 0.3) is 5.82 Å². The van der Waals surface area contributed by atoms with E-state index in [1.54, 1.807) is 32.0 Å². The first-order valence-corrected chi connectivity index (χ1v) is 12.0. The molecule has 204 valence electrons. The number of carbonyl (C=O) groups is 2. The van der Waals surface area contributed by atoms with Crippen LogP contribution < -0.4 is 11.1 Å². The molecule has 0 unspecified atom stereocenters. The van der Waals surface area contributed by atoms with E-state index in [-0.39, 0.29) is 28.5 Å². The summed E-state index contributed by atoms with van der Waals surface area (Å²) in [4.78, 5) is 30.3. The molecule has 0 aliphatic carbocycles. The number of anilines is 1. The quantitative estimate of drug-likeness (QED) is 0.226. The van der Waals surface area contributed by atoms with E-state index in [9.17, 15) is 31.5 Å². The maximum absolute atomic E-state index is 13.7. The Kier molecular flexibility index (Phi) is 7.42. The molecule has 4 aromatic rings. The molecule has 3 aromatic heterocycles. The van der Waals surface area contributed by atoms with E-state index in [0.29, 0.717) is 22.1 Å². The Hall–Kier alpha value is -3.96. The summed E-state index contributed by atoms with van der Waals surface area (Å²) in [7, 11) is 0. The number of nitrogens with two attached hydrogens (primary N) is 1. The zero-order valence-electron chi connectivity index (χ0n) is 20.1. The lowest BCUT2D eigenvalue weighted by atomic mass is 10.1. The van der Waals surface area contributed by atoms with Crippen molar-refractivity contribution >= 4 is 40.1 Å². The number of primary amides is 1. The number of hydrogen-bond donors (Lipinski definition) is 2. The minimum atomic E-state index is -5.85.